The standard InChI is InChI=1S/C22H28FN3O5S/c1-5-24-22(28)16(2)25(14-17-8-6-7-9-20(17)23)21(27)15-26(32(4,29)30)18-10-12-19(31-3)13-11-18/h6-13,16H,5,14-15H2,1-4H3,(H,24,28). The van der Waals surface area contributed by atoms with Gasteiger partial charge in [0.25, 0.3) is 0 Å². The highest BCUT2D eigenvalue weighted by molar-refractivity contribution is 7.92. The molecule has 0 aliphatic carbocycles. The van der Waals surface area contributed by atoms with Gasteiger partial charge in [-0.15, -0.1) is 0 Å². The van der Waals surface area contributed by atoms with Crippen molar-refractivity contribution in [3.05, 3.63) is 59.9 Å². The van der Waals surface area contributed by atoms with Crippen molar-refractivity contribution < 1.29 is 27.1 Å². The summed E-state index contributed by atoms with van der Waals surface area (Å²) in [6.07, 6.45) is 0.985. The first-order valence-corrected chi connectivity index (χ1v) is 11.9. The molecule has 2 aromatic carbocycles. The van der Waals surface area contributed by atoms with Crippen molar-refractivity contribution in [1.29, 1.82) is 0 Å². The van der Waals surface area contributed by atoms with Crippen LogP contribution in [-0.2, 0) is 26.2 Å². The number of likely N-dealkylation sites (N-methyl/N-ethyl adjacent to an activating group) is 1. The number of nitrogens with one attached hydrogen (secondary N) is 1. The summed E-state index contributed by atoms with van der Waals surface area (Å²) in [7, 11) is -2.35. The second kappa shape index (κ2) is 10.9. The summed E-state index contributed by atoms with van der Waals surface area (Å²) in [5.74, 6) is -1.07. The zero-order valence-electron chi connectivity index (χ0n) is 18.5. The minimum atomic E-state index is -3.83. The molecule has 10 heteroatoms. The second-order valence-corrected chi connectivity index (χ2v) is 9.06. The van der Waals surface area contributed by atoms with Crippen LogP contribution in [0.2, 0.25) is 0 Å². The molecule has 0 spiro atoms. The largest absolute Gasteiger partial charge is 0.497 e. The molecule has 0 aliphatic rings. The number of carbonyl (C=O) groups is 2. The maximum absolute atomic E-state index is 14.3. The van der Waals surface area contributed by atoms with Gasteiger partial charge in [-0.1, -0.05) is 18.2 Å². The predicted molar refractivity (Wildman–Crippen MR) is 120 cm³/mol. The van der Waals surface area contributed by atoms with Gasteiger partial charge in [-0.05, 0) is 44.2 Å². The van der Waals surface area contributed by atoms with Crippen LogP contribution in [0.3, 0.4) is 0 Å². The molecule has 8 nitrogen and oxygen atoms in total. The molecule has 2 aromatic rings. The topological polar surface area (TPSA) is 96.0 Å². The highest BCUT2D eigenvalue weighted by atomic mass is 32.2. The lowest BCUT2D eigenvalue weighted by atomic mass is 10.1. The van der Waals surface area contributed by atoms with E-state index in [9.17, 15) is 22.4 Å². The van der Waals surface area contributed by atoms with E-state index in [0.29, 0.717) is 12.3 Å². The first kappa shape index (κ1) is 25.1. The van der Waals surface area contributed by atoms with E-state index in [1.165, 1.54) is 49.3 Å². The second-order valence-electron chi connectivity index (χ2n) is 7.15. The molecule has 1 unspecified atom stereocenters. The van der Waals surface area contributed by atoms with E-state index in [1.54, 1.807) is 25.1 Å². The molecule has 0 radical (unpaired) electrons. The molecule has 0 heterocycles. The van der Waals surface area contributed by atoms with Gasteiger partial charge in [0.2, 0.25) is 21.8 Å². The monoisotopic (exact) mass is 465 g/mol. The van der Waals surface area contributed by atoms with E-state index in [2.05, 4.69) is 5.32 Å². The van der Waals surface area contributed by atoms with E-state index in [1.807, 2.05) is 0 Å². The Hall–Kier alpha value is -3.14. The Labute approximate surface area is 188 Å². The molecule has 1 atom stereocenters. The number of hydrogen-bond acceptors (Lipinski definition) is 5. The molecule has 0 aliphatic heterocycles. The van der Waals surface area contributed by atoms with Crippen molar-refractivity contribution in [2.24, 2.45) is 0 Å². The molecular formula is C22H28FN3O5S. The number of anilines is 1. The Morgan fingerprint density at radius 2 is 1.75 bits per heavy atom. The number of carbonyl (C=O) groups excluding carboxylic acids is 2. The molecular weight excluding hydrogens is 437 g/mol. The van der Waals surface area contributed by atoms with Crippen LogP contribution in [0, 0.1) is 5.82 Å². The number of ether oxygens (including phenoxy) is 1. The minimum absolute atomic E-state index is 0.190. The number of benzene rings is 2. The predicted octanol–water partition coefficient (Wildman–Crippen LogP) is 2.15. The zero-order chi connectivity index (χ0) is 23.9. The van der Waals surface area contributed by atoms with E-state index in [0.717, 1.165) is 10.6 Å². The van der Waals surface area contributed by atoms with Crippen LogP contribution in [0.5, 0.6) is 5.75 Å². The van der Waals surface area contributed by atoms with Gasteiger partial charge in [-0.2, -0.15) is 0 Å². The molecule has 0 fully saturated rings. The molecule has 1 N–H and O–H groups in total. The number of methoxy groups -OCH3 is 1. The molecule has 32 heavy (non-hydrogen) atoms. The van der Waals surface area contributed by atoms with Gasteiger partial charge in [-0.25, -0.2) is 12.8 Å². The lowest BCUT2D eigenvalue weighted by molar-refractivity contribution is -0.139. The summed E-state index contributed by atoms with van der Waals surface area (Å²) in [5.41, 5.74) is 0.477. The van der Waals surface area contributed by atoms with Crippen LogP contribution in [0.15, 0.2) is 48.5 Å². The van der Waals surface area contributed by atoms with E-state index in [-0.39, 0.29) is 17.8 Å². The molecule has 2 rings (SSSR count). The Bertz CT molecular complexity index is 1040. The van der Waals surface area contributed by atoms with Crippen molar-refractivity contribution in [2.45, 2.75) is 26.4 Å². The first-order valence-electron chi connectivity index (χ1n) is 10.0. The van der Waals surface area contributed by atoms with Gasteiger partial charge in [-0.3, -0.25) is 13.9 Å². The Morgan fingerprint density at radius 1 is 1.12 bits per heavy atom. The lowest BCUT2D eigenvalue weighted by Crippen LogP contribution is -2.51. The van der Waals surface area contributed by atoms with Gasteiger partial charge in [0, 0.05) is 18.7 Å². The summed E-state index contributed by atoms with van der Waals surface area (Å²) < 4.78 is 45.2. The minimum Gasteiger partial charge on any atom is -0.497 e. The van der Waals surface area contributed by atoms with Crippen LogP contribution in [0.1, 0.15) is 19.4 Å². The third-order valence-electron chi connectivity index (χ3n) is 4.86. The van der Waals surface area contributed by atoms with Gasteiger partial charge >= 0.3 is 0 Å². The smallest absolute Gasteiger partial charge is 0.244 e. The summed E-state index contributed by atoms with van der Waals surface area (Å²) in [6, 6.07) is 11.2. The maximum atomic E-state index is 14.3. The SMILES string of the molecule is CCNC(=O)C(C)N(Cc1ccccc1F)C(=O)CN(c1ccc(OC)cc1)S(C)(=O)=O. The van der Waals surface area contributed by atoms with Gasteiger partial charge in [0.15, 0.2) is 0 Å². The van der Waals surface area contributed by atoms with Crippen LogP contribution >= 0.6 is 0 Å². The summed E-state index contributed by atoms with van der Waals surface area (Å²) in [5, 5.41) is 2.64. The average molecular weight is 466 g/mol. The third-order valence-corrected chi connectivity index (χ3v) is 6.00. The number of sulfonamides is 1. The summed E-state index contributed by atoms with van der Waals surface area (Å²) in [6.45, 7) is 2.87. The van der Waals surface area contributed by atoms with Crippen LogP contribution in [-0.4, -0.2) is 57.6 Å². The van der Waals surface area contributed by atoms with E-state index >= 15 is 0 Å². The normalized spacial score (nSPS) is 12.0. The quantitative estimate of drug-likeness (QED) is 0.580. The van der Waals surface area contributed by atoms with Crippen molar-refractivity contribution in [1.82, 2.24) is 10.2 Å². The van der Waals surface area contributed by atoms with Crippen molar-refractivity contribution >= 4 is 27.5 Å². The molecule has 0 bridgehead atoms. The zero-order valence-corrected chi connectivity index (χ0v) is 19.4. The highest BCUT2D eigenvalue weighted by Crippen LogP contribution is 2.22. The molecule has 2 amide bonds. The van der Waals surface area contributed by atoms with Crippen LogP contribution < -0.4 is 14.4 Å². The molecule has 0 saturated heterocycles. The fraction of sp³-hybridized carbons (Fsp3) is 0.364. The van der Waals surface area contributed by atoms with Gasteiger partial charge in [0.1, 0.15) is 24.2 Å². The fourth-order valence-corrected chi connectivity index (χ4v) is 3.93. The number of hydrogen-bond donors (Lipinski definition) is 1. The Kier molecular flexibility index (Phi) is 8.59. The van der Waals surface area contributed by atoms with Crippen molar-refractivity contribution in [2.75, 3.05) is 30.8 Å². The van der Waals surface area contributed by atoms with Gasteiger partial charge < -0.3 is 15.0 Å². The number of halogens is 1. The summed E-state index contributed by atoms with van der Waals surface area (Å²) >= 11 is 0. The lowest BCUT2D eigenvalue weighted by Gasteiger charge is -2.31. The van der Waals surface area contributed by atoms with E-state index < -0.39 is 40.2 Å². The molecule has 0 aromatic heterocycles. The van der Waals surface area contributed by atoms with Crippen LogP contribution in [0.4, 0.5) is 10.1 Å². The number of nitrogens with zero attached hydrogens (tertiary/aromatic N) is 2. The molecule has 0 saturated carbocycles. The third kappa shape index (κ3) is 6.43. The molecule has 174 valence electrons. The maximum Gasteiger partial charge on any atom is 0.244 e. The number of rotatable bonds is 10. The fourth-order valence-electron chi connectivity index (χ4n) is 3.08. The van der Waals surface area contributed by atoms with Crippen LogP contribution in [0.25, 0.3) is 0 Å². The average Bonchev–Trinajstić information content (AvgIpc) is 2.75. The summed E-state index contributed by atoms with van der Waals surface area (Å²) in [4.78, 5) is 26.9. The first-order chi connectivity index (χ1) is 15.1. The van der Waals surface area contributed by atoms with Gasteiger partial charge in [0.05, 0.1) is 19.1 Å². The van der Waals surface area contributed by atoms with E-state index in [4.69, 9.17) is 4.74 Å². The van der Waals surface area contributed by atoms with Crippen molar-refractivity contribution in [3.63, 3.8) is 0 Å². The highest BCUT2D eigenvalue weighted by Gasteiger charge is 2.30. The Balaban J connectivity index is 2.38. The Morgan fingerprint density at radius 3 is 2.28 bits per heavy atom. The van der Waals surface area contributed by atoms with Crippen molar-refractivity contribution in [3.8, 4) is 5.75 Å². The number of amides is 2.